The van der Waals surface area contributed by atoms with E-state index in [1.54, 1.807) is 20.2 Å². The highest BCUT2D eigenvalue weighted by Gasteiger charge is 2.18. The van der Waals surface area contributed by atoms with Crippen molar-refractivity contribution in [2.24, 2.45) is 0 Å². The van der Waals surface area contributed by atoms with Crippen molar-refractivity contribution in [3.8, 4) is 5.75 Å². The Kier molecular flexibility index (Phi) is 5.02. The fourth-order valence-electron chi connectivity index (χ4n) is 2.08. The van der Waals surface area contributed by atoms with Gasteiger partial charge in [0.05, 0.1) is 18.2 Å². The molecular weight excluding hydrogens is 345 g/mol. The highest BCUT2D eigenvalue weighted by molar-refractivity contribution is 9.10. The van der Waals surface area contributed by atoms with Crippen molar-refractivity contribution in [3.05, 3.63) is 62.8 Å². The first-order valence-electron chi connectivity index (χ1n) is 6.02. The van der Waals surface area contributed by atoms with Crippen molar-refractivity contribution in [1.82, 2.24) is 5.32 Å². The molecule has 5 heteroatoms. The first-order valence-corrected chi connectivity index (χ1v) is 7.19. The SMILES string of the molecule is CNC(c1cccc(OC)c1)c1cc(Cl)c(Br)cc1F. The Bertz CT molecular complexity index is 621. The number of hydrogen-bond acceptors (Lipinski definition) is 2. The van der Waals surface area contributed by atoms with Gasteiger partial charge in [-0.15, -0.1) is 0 Å². The summed E-state index contributed by atoms with van der Waals surface area (Å²) >= 11 is 9.28. The van der Waals surface area contributed by atoms with Crippen molar-refractivity contribution in [2.75, 3.05) is 14.2 Å². The van der Waals surface area contributed by atoms with Gasteiger partial charge in [-0.1, -0.05) is 23.7 Å². The van der Waals surface area contributed by atoms with Crippen molar-refractivity contribution < 1.29 is 9.13 Å². The van der Waals surface area contributed by atoms with Gasteiger partial charge in [0.2, 0.25) is 0 Å². The van der Waals surface area contributed by atoms with Crippen LogP contribution in [0.25, 0.3) is 0 Å². The van der Waals surface area contributed by atoms with Gasteiger partial charge in [-0.05, 0) is 52.8 Å². The van der Waals surface area contributed by atoms with Crippen LogP contribution in [0, 0.1) is 5.82 Å². The van der Waals surface area contributed by atoms with Gasteiger partial charge in [0.15, 0.2) is 0 Å². The van der Waals surface area contributed by atoms with E-state index in [0.717, 1.165) is 11.3 Å². The van der Waals surface area contributed by atoms with E-state index in [1.807, 2.05) is 24.3 Å². The maximum absolute atomic E-state index is 14.2. The van der Waals surface area contributed by atoms with E-state index >= 15 is 0 Å². The monoisotopic (exact) mass is 357 g/mol. The molecule has 0 aliphatic carbocycles. The summed E-state index contributed by atoms with van der Waals surface area (Å²) in [5.74, 6) is 0.412. The van der Waals surface area contributed by atoms with Crippen LogP contribution in [0.2, 0.25) is 5.02 Å². The number of methoxy groups -OCH3 is 1. The zero-order chi connectivity index (χ0) is 14.7. The van der Waals surface area contributed by atoms with Gasteiger partial charge >= 0.3 is 0 Å². The quantitative estimate of drug-likeness (QED) is 0.809. The first kappa shape index (κ1) is 15.3. The molecule has 0 heterocycles. The minimum atomic E-state index is -0.316. The molecule has 0 aliphatic rings. The molecule has 0 aliphatic heterocycles. The molecule has 1 unspecified atom stereocenters. The Morgan fingerprint density at radius 1 is 1.30 bits per heavy atom. The largest absolute Gasteiger partial charge is 0.497 e. The zero-order valence-corrected chi connectivity index (χ0v) is 13.4. The molecule has 0 bridgehead atoms. The van der Waals surface area contributed by atoms with Crippen molar-refractivity contribution in [3.63, 3.8) is 0 Å². The van der Waals surface area contributed by atoms with Crippen LogP contribution < -0.4 is 10.1 Å². The van der Waals surface area contributed by atoms with Crippen LogP contribution in [0.4, 0.5) is 4.39 Å². The number of nitrogens with one attached hydrogen (secondary N) is 1. The highest BCUT2D eigenvalue weighted by Crippen LogP contribution is 2.32. The molecule has 1 N–H and O–H groups in total. The molecule has 0 aromatic heterocycles. The van der Waals surface area contributed by atoms with Crippen LogP contribution in [0.5, 0.6) is 5.75 Å². The number of ether oxygens (including phenoxy) is 1. The normalized spacial score (nSPS) is 12.2. The number of halogens is 3. The minimum absolute atomic E-state index is 0.296. The molecule has 0 saturated heterocycles. The molecule has 0 saturated carbocycles. The first-order chi connectivity index (χ1) is 9.56. The summed E-state index contributed by atoms with van der Waals surface area (Å²) in [5.41, 5.74) is 1.40. The average Bonchev–Trinajstić information content (AvgIpc) is 2.45. The summed E-state index contributed by atoms with van der Waals surface area (Å²) in [6.45, 7) is 0. The van der Waals surface area contributed by atoms with Crippen LogP contribution in [0.15, 0.2) is 40.9 Å². The summed E-state index contributed by atoms with van der Waals surface area (Å²) in [4.78, 5) is 0. The second-order valence-corrected chi connectivity index (χ2v) is 5.55. The predicted molar refractivity (Wildman–Crippen MR) is 83.0 cm³/mol. The van der Waals surface area contributed by atoms with Crippen molar-refractivity contribution in [1.29, 1.82) is 0 Å². The van der Waals surface area contributed by atoms with Gasteiger partial charge in [-0.3, -0.25) is 0 Å². The summed E-state index contributed by atoms with van der Waals surface area (Å²) < 4.78 is 19.9. The average molecular weight is 359 g/mol. The minimum Gasteiger partial charge on any atom is -0.497 e. The third-order valence-electron chi connectivity index (χ3n) is 3.07. The van der Waals surface area contributed by atoms with Gasteiger partial charge in [-0.25, -0.2) is 4.39 Å². The second kappa shape index (κ2) is 6.57. The lowest BCUT2D eigenvalue weighted by molar-refractivity contribution is 0.413. The topological polar surface area (TPSA) is 21.3 Å². The Morgan fingerprint density at radius 3 is 2.70 bits per heavy atom. The van der Waals surface area contributed by atoms with Gasteiger partial charge in [0, 0.05) is 10.0 Å². The molecular formula is C15H14BrClFNO. The smallest absolute Gasteiger partial charge is 0.129 e. The van der Waals surface area contributed by atoms with E-state index in [1.165, 1.54) is 6.07 Å². The van der Waals surface area contributed by atoms with Crippen molar-refractivity contribution in [2.45, 2.75) is 6.04 Å². The summed E-state index contributed by atoms with van der Waals surface area (Å²) in [5, 5.41) is 3.58. The van der Waals surface area contributed by atoms with E-state index in [2.05, 4.69) is 21.2 Å². The lowest BCUT2D eigenvalue weighted by Gasteiger charge is -2.19. The van der Waals surface area contributed by atoms with Gasteiger partial charge < -0.3 is 10.1 Å². The predicted octanol–water partition coefficient (Wildman–Crippen LogP) is 4.56. The Morgan fingerprint density at radius 2 is 2.05 bits per heavy atom. The molecule has 0 spiro atoms. The van der Waals surface area contributed by atoms with Crippen LogP contribution in [0.3, 0.4) is 0 Å². The van der Waals surface area contributed by atoms with E-state index < -0.39 is 0 Å². The summed E-state index contributed by atoms with van der Waals surface area (Å²) in [6, 6.07) is 10.2. The van der Waals surface area contributed by atoms with Crippen LogP contribution in [0.1, 0.15) is 17.2 Å². The van der Waals surface area contributed by atoms with Gasteiger partial charge in [0.25, 0.3) is 0 Å². The molecule has 2 aromatic carbocycles. The summed E-state index contributed by atoms with van der Waals surface area (Å²) in [6.07, 6.45) is 0. The van der Waals surface area contributed by atoms with E-state index in [4.69, 9.17) is 16.3 Å². The molecule has 0 amide bonds. The zero-order valence-electron chi connectivity index (χ0n) is 11.1. The van der Waals surface area contributed by atoms with Crippen LogP contribution >= 0.6 is 27.5 Å². The maximum Gasteiger partial charge on any atom is 0.129 e. The Balaban J connectivity index is 2.49. The lowest BCUT2D eigenvalue weighted by Crippen LogP contribution is -2.19. The van der Waals surface area contributed by atoms with Gasteiger partial charge in [-0.2, -0.15) is 0 Å². The molecule has 2 nitrogen and oxygen atoms in total. The fraction of sp³-hybridized carbons (Fsp3) is 0.200. The van der Waals surface area contributed by atoms with Crippen LogP contribution in [-0.2, 0) is 0 Å². The van der Waals surface area contributed by atoms with E-state index in [9.17, 15) is 4.39 Å². The number of benzene rings is 2. The standard InChI is InChI=1S/C15H14BrClFNO/c1-19-15(9-4-3-5-10(6-9)20-2)11-7-13(17)12(16)8-14(11)18/h3-8,15,19H,1-2H3. The number of hydrogen-bond donors (Lipinski definition) is 1. The van der Waals surface area contributed by atoms with Gasteiger partial charge in [0.1, 0.15) is 11.6 Å². The van der Waals surface area contributed by atoms with Crippen LogP contribution in [-0.4, -0.2) is 14.2 Å². The molecule has 106 valence electrons. The molecule has 2 rings (SSSR count). The third-order valence-corrected chi connectivity index (χ3v) is 4.26. The highest BCUT2D eigenvalue weighted by atomic mass is 79.9. The van der Waals surface area contributed by atoms with E-state index in [-0.39, 0.29) is 11.9 Å². The third kappa shape index (κ3) is 3.14. The molecule has 2 aromatic rings. The van der Waals surface area contributed by atoms with E-state index in [0.29, 0.717) is 15.1 Å². The summed E-state index contributed by atoms with van der Waals surface area (Å²) in [7, 11) is 3.38. The molecule has 0 radical (unpaired) electrons. The molecule has 20 heavy (non-hydrogen) atoms. The maximum atomic E-state index is 14.2. The van der Waals surface area contributed by atoms with Crippen molar-refractivity contribution >= 4 is 27.5 Å². The Hall–Kier alpha value is -1.10. The fourth-order valence-corrected chi connectivity index (χ4v) is 2.57. The lowest BCUT2D eigenvalue weighted by atomic mass is 9.98. The second-order valence-electron chi connectivity index (χ2n) is 4.29. The molecule has 1 atom stereocenters. The Labute approximate surface area is 131 Å². The molecule has 0 fully saturated rings. The number of rotatable bonds is 4.